The maximum absolute atomic E-state index is 12.7. The van der Waals surface area contributed by atoms with Gasteiger partial charge in [-0.2, -0.15) is 11.3 Å². The second-order valence-corrected chi connectivity index (χ2v) is 9.46. The Labute approximate surface area is 128 Å². The molecular weight excluding hydrogens is 308 g/mol. The van der Waals surface area contributed by atoms with Crippen LogP contribution >= 0.6 is 11.3 Å². The van der Waals surface area contributed by atoms with Crippen LogP contribution in [0.1, 0.15) is 37.4 Å². The van der Waals surface area contributed by atoms with Crippen LogP contribution in [0, 0.1) is 0 Å². The van der Waals surface area contributed by atoms with Crippen molar-refractivity contribution in [1.82, 2.24) is 10.2 Å². The molecular formula is C14H18N2O3S2. The van der Waals surface area contributed by atoms with E-state index in [0.717, 1.165) is 24.8 Å². The first-order chi connectivity index (χ1) is 10.0. The average Bonchev–Trinajstić information content (AvgIpc) is 2.80. The van der Waals surface area contributed by atoms with Crippen LogP contribution in [-0.4, -0.2) is 42.3 Å². The number of hydrogen-bond donors (Lipinski definition) is 1. The number of carbonyl (C=O) groups is 1. The first-order valence-corrected chi connectivity index (χ1v) is 10.0. The fourth-order valence-corrected chi connectivity index (χ4v) is 5.94. The maximum Gasteiger partial charge on any atom is 0.244 e. The normalized spacial score (nSPS) is 33.0. The Kier molecular flexibility index (Phi) is 2.96. The van der Waals surface area contributed by atoms with Crippen LogP contribution in [0.15, 0.2) is 16.8 Å². The minimum absolute atomic E-state index is 0.0841. The van der Waals surface area contributed by atoms with Crippen molar-refractivity contribution in [2.75, 3.05) is 12.3 Å². The van der Waals surface area contributed by atoms with Crippen molar-refractivity contribution < 1.29 is 13.2 Å². The Morgan fingerprint density at radius 3 is 2.81 bits per heavy atom. The highest BCUT2D eigenvalue weighted by molar-refractivity contribution is 7.92. The van der Waals surface area contributed by atoms with Crippen LogP contribution in [0.25, 0.3) is 0 Å². The highest BCUT2D eigenvalue weighted by Gasteiger charge is 2.59. The van der Waals surface area contributed by atoms with Gasteiger partial charge in [-0.05, 0) is 48.1 Å². The number of sulfone groups is 1. The maximum atomic E-state index is 12.7. The molecule has 2 aliphatic heterocycles. The summed E-state index contributed by atoms with van der Waals surface area (Å²) in [5, 5.41) is 7.06. The molecule has 114 valence electrons. The molecule has 3 aliphatic rings. The van der Waals surface area contributed by atoms with Crippen molar-refractivity contribution in [3.05, 3.63) is 22.4 Å². The van der Waals surface area contributed by atoms with E-state index in [1.165, 1.54) is 0 Å². The number of nitrogens with one attached hydrogen (secondary N) is 1. The zero-order chi connectivity index (χ0) is 14.7. The van der Waals surface area contributed by atoms with E-state index in [1.807, 2.05) is 16.8 Å². The van der Waals surface area contributed by atoms with E-state index < -0.39 is 20.6 Å². The molecule has 3 fully saturated rings. The number of amides is 1. The summed E-state index contributed by atoms with van der Waals surface area (Å²) in [5.74, 6) is 0.349. The second kappa shape index (κ2) is 4.54. The van der Waals surface area contributed by atoms with Gasteiger partial charge in [0.25, 0.3) is 0 Å². The zero-order valence-electron chi connectivity index (χ0n) is 11.6. The number of carbonyl (C=O) groups excluding carboxylic acids is 1. The van der Waals surface area contributed by atoms with Crippen molar-refractivity contribution in [3.63, 3.8) is 0 Å². The van der Waals surface area contributed by atoms with E-state index in [4.69, 9.17) is 0 Å². The Hall–Kier alpha value is -0.920. The van der Waals surface area contributed by atoms with Gasteiger partial charge in [0.15, 0.2) is 9.84 Å². The molecule has 1 saturated carbocycles. The van der Waals surface area contributed by atoms with Crippen LogP contribution in [0.3, 0.4) is 0 Å². The van der Waals surface area contributed by atoms with E-state index in [2.05, 4.69) is 5.32 Å². The van der Waals surface area contributed by atoms with E-state index in [1.54, 1.807) is 16.2 Å². The van der Waals surface area contributed by atoms with Crippen LogP contribution in [0.4, 0.5) is 0 Å². The number of hydrogen-bond acceptors (Lipinski definition) is 5. The second-order valence-electron chi connectivity index (χ2n) is 6.27. The summed E-state index contributed by atoms with van der Waals surface area (Å²) in [6.45, 7) is 0.330. The molecule has 2 atom stereocenters. The summed E-state index contributed by atoms with van der Waals surface area (Å²) in [7, 11) is -3.03. The Balaban J connectivity index is 1.63. The lowest BCUT2D eigenvalue weighted by Crippen LogP contribution is -2.39. The van der Waals surface area contributed by atoms with Gasteiger partial charge in [0, 0.05) is 6.54 Å². The topological polar surface area (TPSA) is 66.5 Å². The number of rotatable bonds is 3. The monoisotopic (exact) mass is 326 g/mol. The Bertz CT molecular complexity index is 664. The molecule has 7 heteroatoms. The molecule has 1 amide bonds. The van der Waals surface area contributed by atoms with Gasteiger partial charge in [-0.25, -0.2) is 8.42 Å². The molecule has 3 heterocycles. The SMILES string of the molecule is O=C1N(CC2CCCS2(=O)=O)C(c2ccsc2)NC12CC2. The van der Waals surface area contributed by atoms with Gasteiger partial charge in [-0.3, -0.25) is 10.1 Å². The molecule has 1 spiro atoms. The highest BCUT2D eigenvalue weighted by atomic mass is 32.2. The van der Waals surface area contributed by atoms with Gasteiger partial charge in [-0.15, -0.1) is 0 Å². The molecule has 4 rings (SSSR count). The Morgan fingerprint density at radius 2 is 2.24 bits per heavy atom. The quantitative estimate of drug-likeness (QED) is 0.909. The van der Waals surface area contributed by atoms with Crippen LogP contribution in [-0.2, 0) is 14.6 Å². The predicted molar refractivity (Wildman–Crippen MR) is 80.7 cm³/mol. The third-order valence-corrected chi connectivity index (χ3v) is 7.83. The van der Waals surface area contributed by atoms with Crippen LogP contribution < -0.4 is 5.32 Å². The Morgan fingerprint density at radius 1 is 1.43 bits per heavy atom. The molecule has 0 bridgehead atoms. The number of nitrogens with zero attached hydrogens (tertiary/aromatic N) is 1. The minimum atomic E-state index is -3.03. The van der Waals surface area contributed by atoms with Gasteiger partial charge in [0.1, 0.15) is 11.7 Å². The summed E-state index contributed by atoms with van der Waals surface area (Å²) in [6.07, 6.45) is 2.95. The molecule has 2 saturated heterocycles. The molecule has 2 unspecified atom stereocenters. The minimum Gasteiger partial charge on any atom is -0.320 e. The fourth-order valence-electron chi connectivity index (χ4n) is 3.44. The van der Waals surface area contributed by atoms with Crippen LogP contribution in [0.5, 0.6) is 0 Å². The lowest BCUT2D eigenvalue weighted by atomic mass is 10.2. The molecule has 1 aromatic rings. The smallest absolute Gasteiger partial charge is 0.244 e. The molecule has 0 radical (unpaired) electrons. The summed E-state index contributed by atoms with van der Waals surface area (Å²) in [5.41, 5.74) is 0.655. The van der Waals surface area contributed by atoms with E-state index in [9.17, 15) is 13.2 Å². The van der Waals surface area contributed by atoms with Crippen molar-refractivity contribution in [2.24, 2.45) is 0 Å². The van der Waals surface area contributed by atoms with E-state index in [0.29, 0.717) is 13.0 Å². The van der Waals surface area contributed by atoms with Gasteiger partial charge >= 0.3 is 0 Å². The van der Waals surface area contributed by atoms with Crippen molar-refractivity contribution in [3.8, 4) is 0 Å². The van der Waals surface area contributed by atoms with E-state index in [-0.39, 0.29) is 17.8 Å². The van der Waals surface area contributed by atoms with Crippen molar-refractivity contribution in [1.29, 1.82) is 0 Å². The molecule has 21 heavy (non-hydrogen) atoms. The standard InChI is InChI=1S/C14H18N2O3S2/c17-13-14(4-5-14)15-12(10-3-6-20-9-10)16(13)8-11-2-1-7-21(11,18)19/h3,6,9,11-12,15H,1-2,4-5,7-8H2. The molecule has 1 aliphatic carbocycles. The largest absolute Gasteiger partial charge is 0.320 e. The number of thiophene rings is 1. The molecule has 1 aromatic heterocycles. The average molecular weight is 326 g/mol. The first kappa shape index (κ1) is 13.7. The first-order valence-electron chi connectivity index (χ1n) is 7.34. The lowest BCUT2D eigenvalue weighted by molar-refractivity contribution is -0.130. The zero-order valence-corrected chi connectivity index (χ0v) is 13.3. The fraction of sp³-hybridized carbons (Fsp3) is 0.643. The summed E-state index contributed by atoms with van der Waals surface area (Å²) < 4.78 is 24.1. The van der Waals surface area contributed by atoms with Gasteiger partial charge < -0.3 is 4.90 Å². The molecule has 1 N–H and O–H groups in total. The van der Waals surface area contributed by atoms with E-state index >= 15 is 0 Å². The summed E-state index contributed by atoms with van der Waals surface area (Å²) in [4.78, 5) is 14.4. The lowest BCUT2D eigenvalue weighted by Gasteiger charge is -2.26. The summed E-state index contributed by atoms with van der Waals surface area (Å²) >= 11 is 1.60. The molecule has 5 nitrogen and oxygen atoms in total. The third-order valence-electron chi connectivity index (χ3n) is 4.87. The predicted octanol–water partition coefficient (Wildman–Crippen LogP) is 1.29. The molecule has 0 aromatic carbocycles. The van der Waals surface area contributed by atoms with Gasteiger partial charge in [0.05, 0.1) is 11.0 Å². The van der Waals surface area contributed by atoms with Crippen LogP contribution in [0.2, 0.25) is 0 Å². The third kappa shape index (κ3) is 2.13. The van der Waals surface area contributed by atoms with Gasteiger partial charge in [-0.1, -0.05) is 0 Å². The highest BCUT2D eigenvalue weighted by Crippen LogP contribution is 2.46. The summed E-state index contributed by atoms with van der Waals surface area (Å²) in [6, 6.07) is 2.01. The van der Waals surface area contributed by atoms with Crippen molar-refractivity contribution >= 4 is 27.1 Å². The van der Waals surface area contributed by atoms with Gasteiger partial charge in [0.2, 0.25) is 5.91 Å². The van der Waals surface area contributed by atoms with Crippen molar-refractivity contribution in [2.45, 2.75) is 42.6 Å².